The Balaban J connectivity index is 2.94. The van der Waals surface area contributed by atoms with Crippen molar-refractivity contribution in [3.63, 3.8) is 0 Å². The normalized spacial score (nSPS) is 15.5. The maximum Gasteiger partial charge on any atom is 0.0874 e. The molecule has 0 aliphatic heterocycles. The molecule has 88 valence electrons. The van der Waals surface area contributed by atoms with E-state index < -0.39 is 8.07 Å². The van der Waals surface area contributed by atoms with Crippen LogP contribution in [0.1, 0.15) is 13.3 Å². The lowest BCUT2D eigenvalue weighted by Crippen LogP contribution is -2.46. The highest BCUT2D eigenvalue weighted by Gasteiger charge is 2.31. The van der Waals surface area contributed by atoms with Crippen LogP contribution in [-0.2, 0) is 0 Å². The second kappa shape index (κ2) is 5.46. The summed E-state index contributed by atoms with van der Waals surface area (Å²) in [6, 6.07) is 10.6. The van der Waals surface area contributed by atoms with E-state index in [0.29, 0.717) is 5.54 Å². The Kier molecular flexibility index (Phi) is 4.51. The van der Waals surface area contributed by atoms with Gasteiger partial charge in [0.05, 0.1) is 14.2 Å². The lowest BCUT2D eigenvalue weighted by molar-refractivity contribution is 0.185. The number of benzene rings is 1. The van der Waals surface area contributed by atoms with Crippen molar-refractivity contribution in [1.82, 2.24) is 0 Å². The van der Waals surface area contributed by atoms with Crippen molar-refractivity contribution in [3.8, 4) is 0 Å². The minimum absolute atomic E-state index is 0.251. The molecule has 0 saturated heterocycles. The Morgan fingerprint density at radius 2 is 1.88 bits per heavy atom. The van der Waals surface area contributed by atoms with E-state index >= 15 is 0 Å². The Bertz CT molecular complexity index is 330. The van der Waals surface area contributed by atoms with E-state index in [0.717, 1.165) is 6.42 Å². The van der Waals surface area contributed by atoms with E-state index in [1.165, 1.54) is 5.19 Å². The van der Waals surface area contributed by atoms with E-state index in [-0.39, 0.29) is 6.10 Å². The first-order valence-electron chi connectivity index (χ1n) is 5.84. The average molecular weight is 234 g/mol. The molecule has 1 nitrogen and oxygen atoms in total. The fourth-order valence-corrected chi connectivity index (χ4v) is 5.13. The summed E-state index contributed by atoms with van der Waals surface area (Å²) in [6.45, 7) is 10.5. The molecule has 1 N–H and O–H groups in total. The number of aliphatic hydroxyl groups excluding tert-OH is 1. The molecule has 2 heteroatoms. The molecule has 0 bridgehead atoms. The van der Waals surface area contributed by atoms with Crippen LogP contribution >= 0.6 is 0 Å². The van der Waals surface area contributed by atoms with Crippen molar-refractivity contribution in [3.05, 3.63) is 43.0 Å². The van der Waals surface area contributed by atoms with Gasteiger partial charge >= 0.3 is 0 Å². The maximum atomic E-state index is 9.54. The molecule has 0 saturated carbocycles. The number of aliphatic hydroxyl groups is 1. The molecule has 0 fully saturated rings. The SMILES string of the molecule is C=C[C@@H](C[C@@H](C)O)[Si](C)(C)c1ccccc1. The molecule has 0 aromatic heterocycles. The van der Waals surface area contributed by atoms with Crippen molar-refractivity contribution >= 4 is 13.3 Å². The van der Waals surface area contributed by atoms with Gasteiger partial charge in [-0.15, -0.1) is 6.58 Å². The first-order valence-corrected chi connectivity index (χ1v) is 8.92. The number of rotatable bonds is 5. The lowest BCUT2D eigenvalue weighted by atomic mass is 10.2. The Morgan fingerprint density at radius 3 is 2.31 bits per heavy atom. The summed E-state index contributed by atoms with van der Waals surface area (Å²) in [5.74, 6) is 0. The minimum atomic E-state index is -1.55. The van der Waals surface area contributed by atoms with E-state index in [2.05, 4.69) is 43.9 Å². The molecule has 0 aliphatic carbocycles. The van der Waals surface area contributed by atoms with Crippen molar-refractivity contribution < 1.29 is 5.11 Å². The predicted octanol–water partition coefficient (Wildman–Crippen LogP) is 2.93. The Hall–Kier alpha value is -0.863. The van der Waals surface area contributed by atoms with Crippen LogP contribution in [0.15, 0.2) is 43.0 Å². The molecule has 0 spiro atoms. The fraction of sp³-hybridized carbons (Fsp3) is 0.429. The largest absolute Gasteiger partial charge is 0.393 e. The standard InChI is InChI=1S/C14H22OSi/c1-5-13(11-12(2)15)16(3,4)14-9-7-6-8-10-14/h5-10,12-13,15H,1,11H2,2-4H3/t12-,13+/m1/s1. The van der Waals surface area contributed by atoms with Crippen LogP contribution in [-0.4, -0.2) is 19.3 Å². The highest BCUT2D eigenvalue weighted by molar-refractivity contribution is 6.91. The van der Waals surface area contributed by atoms with Gasteiger partial charge in [-0.1, -0.05) is 54.7 Å². The monoisotopic (exact) mass is 234 g/mol. The smallest absolute Gasteiger partial charge is 0.0874 e. The molecule has 0 aliphatic rings. The van der Waals surface area contributed by atoms with Crippen molar-refractivity contribution in [2.45, 2.75) is 38.1 Å². The quantitative estimate of drug-likeness (QED) is 0.613. The fourth-order valence-electron chi connectivity index (χ4n) is 2.13. The number of hydrogen-bond acceptors (Lipinski definition) is 1. The molecule has 1 aromatic rings. The second-order valence-corrected chi connectivity index (χ2v) is 9.78. The highest BCUT2D eigenvalue weighted by atomic mass is 28.3. The lowest BCUT2D eigenvalue weighted by Gasteiger charge is -2.31. The van der Waals surface area contributed by atoms with Crippen LogP contribution < -0.4 is 5.19 Å². The third-order valence-electron chi connectivity index (χ3n) is 3.32. The first-order chi connectivity index (χ1) is 7.48. The molecule has 0 heterocycles. The highest BCUT2D eigenvalue weighted by Crippen LogP contribution is 2.27. The second-order valence-electron chi connectivity index (χ2n) is 5.01. The van der Waals surface area contributed by atoms with Crippen molar-refractivity contribution in [2.24, 2.45) is 0 Å². The van der Waals surface area contributed by atoms with Gasteiger partial charge < -0.3 is 5.11 Å². The Morgan fingerprint density at radius 1 is 1.31 bits per heavy atom. The number of allylic oxidation sites excluding steroid dienone is 1. The molecule has 2 atom stereocenters. The van der Waals surface area contributed by atoms with Crippen LogP contribution in [0.3, 0.4) is 0 Å². The van der Waals surface area contributed by atoms with E-state index in [1.807, 2.05) is 19.1 Å². The summed E-state index contributed by atoms with van der Waals surface area (Å²) in [7, 11) is -1.55. The summed E-state index contributed by atoms with van der Waals surface area (Å²) in [5.41, 5.74) is 0.426. The Labute approximate surface area is 99.8 Å². The molecule has 0 amide bonds. The third kappa shape index (κ3) is 3.06. The van der Waals surface area contributed by atoms with Gasteiger partial charge in [-0.25, -0.2) is 0 Å². The predicted molar refractivity (Wildman–Crippen MR) is 73.8 cm³/mol. The molecule has 16 heavy (non-hydrogen) atoms. The first kappa shape index (κ1) is 13.2. The van der Waals surface area contributed by atoms with Gasteiger partial charge in [-0.3, -0.25) is 0 Å². The maximum absolute atomic E-state index is 9.54. The summed E-state index contributed by atoms with van der Waals surface area (Å²) >= 11 is 0. The summed E-state index contributed by atoms with van der Waals surface area (Å²) < 4.78 is 0. The summed E-state index contributed by atoms with van der Waals surface area (Å²) in [6.07, 6.45) is 2.59. The molecule has 1 rings (SSSR count). The van der Waals surface area contributed by atoms with E-state index in [9.17, 15) is 5.11 Å². The topological polar surface area (TPSA) is 20.2 Å². The third-order valence-corrected chi connectivity index (χ3v) is 7.47. The molecule has 1 aromatic carbocycles. The van der Waals surface area contributed by atoms with Crippen LogP contribution in [0.25, 0.3) is 0 Å². The molecule has 0 radical (unpaired) electrons. The molecular formula is C14H22OSi. The van der Waals surface area contributed by atoms with Gasteiger partial charge in [0, 0.05) is 0 Å². The molecule has 0 unspecified atom stereocenters. The average Bonchev–Trinajstić information content (AvgIpc) is 2.26. The van der Waals surface area contributed by atoms with Crippen molar-refractivity contribution in [2.75, 3.05) is 0 Å². The zero-order valence-corrected chi connectivity index (χ0v) is 11.5. The van der Waals surface area contributed by atoms with Crippen LogP contribution in [0, 0.1) is 0 Å². The summed E-state index contributed by atoms with van der Waals surface area (Å²) in [4.78, 5) is 0. The van der Waals surface area contributed by atoms with Gasteiger partial charge in [-0.05, 0) is 18.9 Å². The van der Waals surface area contributed by atoms with Gasteiger partial charge in [0.2, 0.25) is 0 Å². The van der Waals surface area contributed by atoms with Crippen LogP contribution in [0.4, 0.5) is 0 Å². The zero-order valence-electron chi connectivity index (χ0n) is 10.5. The molecular weight excluding hydrogens is 212 g/mol. The van der Waals surface area contributed by atoms with Gasteiger partial charge in [0.15, 0.2) is 0 Å². The van der Waals surface area contributed by atoms with E-state index in [1.54, 1.807) is 0 Å². The van der Waals surface area contributed by atoms with Gasteiger partial charge in [-0.2, -0.15) is 0 Å². The van der Waals surface area contributed by atoms with Crippen molar-refractivity contribution in [1.29, 1.82) is 0 Å². The van der Waals surface area contributed by atoms with Crippen LogP contribution in [0.5, 0.6) is 0 Å². The summed E-state index contributed by atoms with van der Waals surface area (Å²) in [5, 5.41) is 11.0. The zero-order chi connectivity index (χ0) is 12.2. The van der Waals surface area contributed by atoms with Gasteiger partial charge in [0.1, 0.15) is 0 Å². The van der Waals surface area contributed by atoms with E-state index in [4.69, 9.17) is 0 Å². The number of hydrogen-bond donors (Lipinski definition) is 1. The van der Waals surface area contributed by atoms with Gasteiger partial charge in [0.25, 0.3) is 0 Å². The minimum Gasteiger partial charge on any atom is -0.393 e. The van der Waals surface area contributed by atoms with Crippen LogP contribution in [0.2, 0.25) is 18.6 Å².